The van der Waals surface area contributed by atoms with Crippen LogP contribution in [0.1, 0.15) is 31.0 Å². The van der Waals surface area contributed by atoms with Crippen LogP contribution >= 0.6 is 11.6 Å². The van der Waals surface area contributed by atoms with Crippen molar-refractivity contribution in [2.24, 2.45) is 0 Å². The van der Waals surface area contributed by atoms with Crippen LogP contribution in [0.15, 0.2) is 18.5 Å². The maximum Gasteiger partial charge on any atom is 0.138 e. The largest absolute Gasteiger partial charge is 0.261 e. The molecule has 0 N–H and O–H groups in total. The Morgan fingerprint density at radius 3 is 2.53 bits per heavy atom. The van der Waals surface area contributed by atoms with Gasteiger partial charge in [-0.1, -0.05) is 25.4 Å². The summed E-state index contributed by atoms with van der Waals surface area (Å²) in [5.74, 6) is 0.444. The summed E-state index contributed by atoms with van der Waals surface area (Å²) in [4.78, 5) is 8.43. The van der Waals surface area contributed by atoms with Crippen LogP contribution < -0.4 is 0 Å². The monoisotopic (exact) mass is 220 g/mol. The molecule has 2 aromatic rings. The van der Waals surface area contributed by atoms with Gasteiger partial charge in [0.05, 0.1) is 0 Å². The van der Waals surface area contributed by atoms with Gasteiger partial charge in [0.25, 0.3) is 0 Å². The minimum Gasteiger partial charge on any atom is -0.261 e. The summed E-state index contributed by atoms with van der Waals surface area (Å²) in [6.07, 6.45) is 3.65. The number of hydrogen-bond acceptors (Lipinski definition) is 2. The Morgan fingerprint density at radius 1 is 1.13 bits per heavy atom. The predicted octanol–water partition coefficient (Wildman–Crippen LogP) is 3.72. The molecular formula is C12H13ClN2. The van der Waals surface area contributed by atoms with E-state index in [0.29, 0.717) is 11.1 Å². The Bertz CT molecular complexity index is 506. The van der Waals surface area contributed by atoms with Crippen LogP contribution in [0.3, 0.4) is 0 Å². The first-order valence-electron chi connectivity index (χ1n) is 5.00. The van der Waals surface area contributed by atoms with Crippen LogP contribution in [0.2, 0.25) is 5.15 Å². The molecule has 2 heterocycles. The van der Waals surface area contributed by atoms with Gasteiger partial charge in [-0.05, 0) is 29.9 Å². The molecule has 0 fully saturated rings. The maximum atomic E-state index is 6.03. The van der Waals surface area contributed by atoms with Crippen molar-refractivity contribution in [3.8, 4) is 0 Å². The van der Waals surface area contributed by atoms with Crippen molar-refractivity contribution in [3.05, 3.63) is 34.9 Å². The fourth-order valence-corrected chi connectivity index (χ4v) is 1.89. The van der Waals surface area contributed by atoms with Gasteiger partial charge in [0.2, 0.25) is 0 Å². The summed E-state index contributed by atoms with van der Waals surface area (Å²) in [7, 11) is 0. The normalized spacial score (nSPS) is 11.3. The lowest BCUT2D eigenvalue weighted by Crippen LogP contribution is -1.94. The van der Waals surface area contributed by atoms with Gasteiger partial charge in [-0.15, -0.1) is 0 Å². The van der Waals surface area contributed by atoms with Crippen molar-refractivity contribution in [1.82, 2.24) is 9.97 Å². The Labute approximate surface area is 94.3 Å². The zero-order chi connectivity index (χ0) is 11.0. The Kier molecular flexibility index (Phi) is 2.61. The average molecular weight is 221 g/mol. The zero-order valence-electron chi connectivity index (χ0n) is 9.08. The molecule has 0 aliphatic rings. The van der Waals surface area contributed by atoms with Gasteiger partial charge in [-0.3, -0.25) is 4.98 Å². The molecule has 0 aromatic carbocycles. The van der Waals surface area contributed by atoms with Crippen LogP contribution in [0.5, 0.6) is 0 Å². The van der Waals surface area contributed by atoms with Gasteiger partial charge < -0.3 is 0 Å². The van der Waals surface area contributed by atoms with Crippen molar-refractivity contribution in [1.29, 1.82) is 0 Å². The molecule has 0 aliphatic heterocycles. The molecule has 0 aliphatic carbocycles. The minimum atomic E-state index is 0.444. The highest BCUT2D eigenvalue weighted by atomic mass is 35.5. The van der Waals surface area contributed by atoms with Crippen molar-refractivity contribution < 1.29 is 0 Å². The lowest BCUT2D eigenvalue weighted by molar-refractivity contribution is 0.868. The molecule has 3 heteroatoms. The third-order valence-electron chi connectivity index (χ3n) is 2.51. The number of nitrogens with zero attached hydrogens (tertiary/aromatic N) is 2. The van der Waals surface area contributed by atoms with Crippen LogP contribution in [-0.4, -0.2) is 9.97 Å². The van der Waals surface area contributed by atoms with Gasteiger partial charge in [0, 0.05) is 23.5 Å². The lowest BCUT2D eigenvalue weighted by atomic mass is 9.99. The van der Waals surface area contributed by atoms with Gasteiger partial charge in [0.15, 0.2) is 0 Å². The number of fused-ring (bicyclic) bond motifs is 1. The summed E-state index contributed by atoms with van der Waals surface area (Å²) in [5.41, 5.74) is 2.23. The molecule has 78 valence electrons. The van der Waals surface area contributed by atoms with Crippen molar-refractivity contribution >= 4 is 22.4 Å². The minimum absolute atomic E-state index is 0.444. The van der Waals surface area contributed by atoms with E-state index in [2.05, 4.69) is 29.9 Å². The molecular weight excluding hydrogens is 208 g/mol. The number of halogens is 1. The second kappa shape index (κ2) is 3.78. The second-order valence-electron chi connectivity index (χ2n) is 4.03. The molecule has 0 radical (unpaired) electrons. The Morgan fingerprint density at radius 2 is 1.87 bits per heavy atom. The maximum absolute atomic E-state index is 6.03. The second-order valence-corrected chi connectivity index (χ2v) is 4.39. The molecule has 2 aromatic heterocycles. The van der Waals surface area contributed by atoms with E-state index in [-0.39, 0.29) is 0 Å². The molecule has 2 rings (SSSR count). The first kappa shape index (κ1) is 10.4. The molecule has 0 saturated carbocycles. The summed E-state index contributed by atoms with van der Waals surface area (Å²) in [6, 6.07) is 2.07. The zero-order valence-corrected chi connectivity index (χ0v) is 9.84. The van der Waals surface area contributed by atoms with E-state index in [0.717, 1.165) is 16.5 Å². The van der Waals surface area contributed by atoms with E-state index in [1.807, 2.05) is 13.1 Å². The van der Waals surface area contributed by atoms with Crippen LogP contribution in [0, 0.1) is 6.92 Å². The number of aromatic nitrogens is 2. The highest BCUT2D eigenvalue weighted by Gasteiger charge is 2.09. The van der Waals surface area contributed by atoms with Crippen molar-refractivity contribution in [2.45, 2.75) is 26.7 Å². The number of pyridine rings is 2. The standard InChI is InChI=1S/C12H13ClN2/c1-7(2)10-5-15-12(13)11-6-14-8(3)4-9(10)11/h4-7H,1-3H3. The SMILES string of the molecule is Cc1cc2c(C(C)C)cnc(Cl)c2cn1. The van der Waals surface area contributed by atoms with E-state index < -0.39 is 0 Å². The molecule has 0 atom stereocenters. The van der Waals surface area contributed by atoms with E-state index in [1.165, 1.54) is 5.56 Å². The molecule has 15 heavy (non-hydrogen) atoms. The highest BCUT2D eigenvalue weighted by molar-refractivity contribution is 6.34. The number of aryl methyl sites for hydroxylation is 1. The molecule has 0 spiro atoms. The fraction of sp³-hybridized carbons (Fsp3) is 0.333. The van der Waals surface area contributed by atoms with E-state index in [9.17, 15) is 0 Å². The molecule has 0 saturated heterocycles. The fourth-order valence-electron chi connectivity index (χ4n) is 1.69. The van der Waals surface area contributed by atoms with Crippen LogP contribution in [0.25, 0.3) is 10.8 Å². The topological polar surface area (TPSA) is 25.8 Å². The average Bonchev–Trinajstić information content (AvgIpc) is 2.17. The summed E-state index contributed by atoms with van der Waals surface area (Å²) < 4.78 is 0. The molecule has 2 nitrogen and oxygen atoms in total. The predicted molar refractivity (Wildman–Crippen MR) is 63.4 cm³/mol. The summed E-state index contributed by atoms with van der Waals surface area (Å²) in [6.45, 7) is 6.29. The number of hydrogen-bond donors (Lipinski definition) is 0. The van der Waals surface area contributed by atoms with Crippen molar-refractivity contribution in [2.75, 3.05) is 0 Å². The van der Waals surface area contributed by atoms with Crippen LogP contribution in [-0.2, 0) is 0 Å². The summed E-state index contributed by atoms with van der Waals surface area (Å²) in [5, 5.41) is 2.63. The highest BCUT2D eigenvalue weighted by Crippen LogP contribution is 2.28. The van der Waals surface area contributed by atoms with E-state index in [1.54, 1.807) is 6.20 Å². The van der Waals surface area contributed by atoms with Gasteiger partial charge in [-0.2, -0.15) is 0 Å². The smallest absolute Gasteiger partial charge is 0.138 e. The first-order chi connectivity index (χ1) is 7.09. The van der Waals surface area contributed by atoms with Crippen molar-refractivity contribution in [3.63, 3.8) is 0 Å². The molecule has 0 unspecified atom stereocenters. The van der Waals surface area contributed by atoms with E-state index in [4.69, 9.17) is 11.6 Å². The Hall–Kier alpha value is -1.15. The lowest BCUT2D eigenvalue weighted by Gasteiger charge is -2.10. The molecule has 0 bridgehead atoms. The Balaban J connectivity index is 2.84. The number of rotatable bonds is 1. The van der Waals surface area contributed by atoms with Crippen LogP contribution in [0.4, 0.5) is 0 Å². The summed E-state index contributed by atoms with van der Waals surface area (Å²) >= 11 is 6.03. The van der Waals surface area contributed by atoms with Gasteiger partial charge in [0.1, 0.15) is 5.15 Å². The third-order valence-corrected chi connectivity index (χ3v) is 2.81. The molecule has 0 amide bonds. The van der Waals surface area contributed by atoms with Gasteiger partial charge in [-0.25, -0.2) is 4.98 Å². The van der Waals surface area contributed by atoms with E-state index >= 15 is 0 Å². The quantitative estimate of drug-likeness (QED) is 0.685. The van der Waals surface area contributed by atoms with Gasteiger partial charge >= 0.3 is 0 Å². The first-order valence-corrected chi connectivity index (χ1v) is 5.38. The third kappa shape index (κ3) is 1.82.